The van der Waals surface area contributed by atoms with Crippen LogP contribution < -0.4 is 10.6 Å². The molecule has 1 fully saturated rings. The topological polar surface area (TPSA) is 62.7 Å². The molecular weight excluding hydrogens is 298 g/mol. The van der Waals surface area contributed by atoms with Crippen LogP contribution in [0.15, 0.2) is 61.2 Å². The van der Waals surface area contributed by atoms with Crippen LogP contribution in [-0.2, 0) is 6.42 Å². The lowest BCUT2D eigenvalue weighted by Crippen LogP contribution is -1.99. The van der Waals surface area contributed by atoms with E-state index in [0.29, 0.717) is 5.95 Å². The minimum Gasteiger partial charge on any atom is -0.353 e. The molecule has 3 aromatic rings. The van der Waals surface area contributed by atoms with Gasteiger partial charge in [-0.15, -0.1) is 0 Å². The fourth-order valence-corrected chi connectivity index (χ4v) is 2.57. The molecule has 1 aliphatic carbocycles. The van der Waals surface area contributed by atoms with Gasteiger partial charge in [-0.25, -0.2) is 9.97 Å². The number of aromatic nitrogens is 3. The predicted octanol–water partition coefficient (Wildman–Crippen LogP) is 4.31. The summed E-state index contributed by atoms with van der Waals surface area (Å²) in [6, 6.07) is 12.3. The maximum absolute atomic E-state index is 4.35. The standard InChI is InChI=1S/C19H19N5/c1-2-14(1)11-15-3-5-16(6-4-15)24-19-21-12-18(13-22-19)23-17-7-9-20-10-8-17/h3-10,12-14H,1-2,11H2,(H,20,23)(H,21,22,24). The van der Waals surface area contributed by atoms with Gasteiger partial charge in [0.1, 0.15) is 0 Å². The van der Waals surface area contributed by atoms with Gasteiger partial charge in [-0.3, -0.25) is 4.98 Å². The number of hydrogen-bond donors (Lipinski definition) is 2. The lowest BCUT2D eigenvalue weighted by Gasteiger charge is -2.08. The Balaban J connectivity index is 1.37. The lowest BCUT2D eigenvalue weighted by atomic mass is 10.1. The van der Waals surface area contributed by atoms with Gasteiger partial charge in [-0.05, 0) is 55.0 Å². The first kappa shape index (κ1) is 14.6. The van der Waals surface area contributed by atoms with Crippen molar-refractivity contribution < 1.29 is 0 Å². The third-order valence-electron chi connectivity index (χ3n) is 4.05. The van der Waals surface area contributed by atoms with Gasteiger partial charge in [-0.2, -0.15) is 0 Å². The average Bonchev–Trinajstić information content (AvgIpc) is 3.43. The molecule has 2 heterocycles. The molecule has 1 saturated carbocycles. The van der Waals surface area contributed by atoms with E-state index < -0.39 is 0 Å². The molecule has 0 amide bonds. The first-order valence-electron chi connectivity index (χ1n) is 8.20. The van der Waals surface area contributed by atoms with Crippen molar-refractivity contribution in [2.24, 2.45) is 5.92 Å². The van der Waals surface area contributed by atoms with Crippen LogP contribution in [0.4, 0.5) is 23.0 Å². The quantitative estimate of drug-likeness (QED) is 0.709. The first-order chi connectivity index (χ1) is 11.8. The van der Waals surface area contributed by atoms with Gasteiger partial charge in [0.15, 0.2) is 0 Å². The highest BCUT2D eigenvalue weighted by atomic mass is 15.1. The highest BCUT2D eigenvalue weighted by molar-refractivity contribution is 5.59. The van der Waals surface area contributed by atoms with E-state index in [9.17, 15) is 0 Å². The molecule has 0 spiro atoms. The first-order valence-corrected chi connectivity index (χ1v) is 8.20. The number of anilines is 4. The van der Waals surface area contributed by atoms with E-state index in [-0.39, 0.29) is 0 Å². The molecule has 0 bridgehead atoms. The van der Waals surface area contributed by atoms with Crippen molar-refractivity contribution in [3.05, 3.63) is 66.7 Å². The number of benzene rings is 1. The zero-order valence-corrected chi connectivity index (χ0v) is 13.3. The van der Waals surface area contributed by atoms with E-state index in [0.717, 1.165) is 23.0 Å². The molecule has 0 saturated heterocycles. The van der Waals surface area contributed by atoms with E-state index in [1.54, 1.807) is 24.8 Å². The molecule has 1 aliphatic rings. The molecular formula is C19H19N5. The largest absolute Gasteiger partial charge is 0.353 e. The minimum absolute atomic E-state index is 0.588. The number of hydrogen-bond acceptors (Lipinski definition) is 5. The summed E-state index contributed by atoms with van der Waals surface area (Å²) in [5, 5.41) is 6.46. The number of nitrogens with zero attached hydrogens (tertiary/aromatic N) is 3. The second-order valence-corrected chi connectivity index (χ2v) is 6.13. The molecule has 5 nitrogen and oxygen atoms in total. The van der Waals surface area contributed by atoms with Crippen molar-refractivity contribution in [1.29, 1.82) is 0 Å². The predicted molar refractivity (Wildman–Crippen MR) is 95.7 cm³/mol. The molecule has 0 radical (unpaired) electrons. The van der Waals surface area contributed by atoms with Crippen molar-refractivity contribution in [2.45, 2.75) is 19.3 Å². The molecule has 24 heavy (non-hydrogen) atoms. The van der Waals surface area contributed by atoms with Crippen molar-refractivity contribution in [1.82, 2.24) is 15.0 Å². The Morgan fingerprint density at radius 3 is 2.12 bits per heavy atom. The summed E-state index contributed by atoms with van der Waals surface area (Å²) in [5.74, 6) is 1.50. The van der Waals surface area contributed by atoms with Crippen LogP contribution in [0.25, 0.3) is 0 Å². The average molecular weight is 317 g/mol. The molecule has 4 rings (SSSR count). The molecule has 120 valence electrons. The van der Waals surface area contributed by atoms with E-state index >= 15 is 0 Å². The molecule has 2 aromatic heterocycles. The smallest absolute Gasteiger partial charge is 0.227 e. The fourth-order valence-electron chi connectivity index (χ4n) is 2.57. The van der Waals surface area contributed by atoms with E-state index in [2.05, 4.69) is 49.9 Å². The number of nitrogens with one attached hydrogen (secondary N) is 2. The lowest BCUT2D eigenvalue weighted by molar-refractivity contribution is 0.832. The van der Waals surface area contributed by atoms with Crippen LogP contribution in [0.5, 0.6) is 0 Å². The van der Waals surface area contributed by atoms with Crippen molar-refractivity contribution in [3.8, 4) is 0 Å². The fraction of sp³-hybridized carbons (Fsp3) is 0.211. The van der Waals surface area contributed by atoms with Gasteiger partial charge in [0.25, 0.3) is 0 Å². The summed E-state index contributed by atoms with van der Waals surface area (Å²) in [5.41, 5.74) is 4.21. The zero-order valence-electron chi connectivity index (χ0n) is 13.3. The van der Waals surface area contributed by atoms with Crippen LogP contribution >= 0.6 is 0 Å². The Bertz CT molecular complexity index is 780. The highest BCUT2D eigenvalue weighted by Crippen LogP contribution is 2.32. The molecule has 0 aliphatic heterocycles. The van der Waals surface area contributed by atoms with E-state index in [1.165, 1.54) is 24.8 Å². The summed E-state index contributed by atoms with van der Waals surface area (Å²) in [7, 11) is 0. The molecule has 5 heteroatoms. The summed E-state index contributed by atoms with van der Waals surface area (Å²) in [4.78, 5) is 12.7. The van der Waals surface area contributed by atoms with Gasteiger partial charge in [0.2, 0.25) is 5.95 Å². The van der Waals surface area contributed by atoms with Crippen LogP contribution in [0.2, 0.25) is 0 Å². The number of rotatable bonds is 6. The summed E-state index contributed by atoms with van der Waals surface area (Å²) in [6.45, 7) is 0. The van der Waals surface area contributed by atoms with Crippen molar-refractivity contribution in [2.75, 3.05) is 10.6 Å². The molecule has 2 N–H and O–H groups in total. The third kappa shape index (κ3) is 3.87. The van der Waals surface area contributed by atoms with Crippen LogP contribution in [0.1, 0.15) is 18.4 Å². The summed E-state index contributed by atoms with van der Waals surface area (Å²) in [6.07, 6.45) is 11.0. The third-order valence-corrected chi connectivity index (χ3v) is 4.05. The monoisotopic (exact) mass is 317 g/mol. The number of pyridine rings is 1. The Morgan fingerprint density at radius 1 is 0.792 bits per heavy atom. The molecule has 1 aromatic carbocycles. The van der Waals surface area contributed by atoms with Crippen LogP contribution in [0, 0.1) is 5.92 Å². The van der Waals surface area contributed by atoms with E-state index in [1.807, 2.05) is 12.1 Å². The van der Waals surface area contributed by atoms with Gasteiger partial charge in [-0.1, -0.05) is 12.1 Å². The Kier molecular flexibility index (Phi) is 4.06. The Hall–Kier alpha value is -2.95. The second kappa shape index (κ2) is 6.66. The van der Waals surface area contributed by atoms with Gasteiger partial charge < -0.3 is 10.6 Å². The van der Waals surface area contributed by atoms with Gasteiger partial charge in [0, 0.05) is 23.8 Å². The van der Waals surface area contributed by atoms with Crippen molar-refractivity contribution in [3.63, 3.8) is 0 Å². The SMILES string of the molecule is c1cc(Nc2cnc(Nc3ccc(CC4CC4)cc3)nc2)ccn1. The van der Waals surface area contributed by atoms with Crippen LogP contribution in [-0.4, -0.2) is 15.0 Å². The normalized spacial score (nSPS) is 13.5. The summed E-state index contributed by atoms with van der Waals surface area (Å²) >= 11 is 0. The highest BCUT2D eigenvalue weighted by Gasteiger charge is 2.21. The maximum atomic E-state index is 4.35. The Morgan fingerprint density at radius 2 is 1.46 bits per heavy atom. The van der Waals surface area contributed by atoms with Gasteiger partial charge in [0.05, 0.1) is 18.1 Å². The molecule has 0 atom stereocenters. The van der Waals surface area contributed by atoms with Crippen LogP contribution in [0.3, 0.4) is 0 Å². The minimum atomic E-state index is 0.588. The summed E-state index contributed by atoms with van der Waals surface area (Å²) < 4.78 is 0. The maximum Gasteiger partial charge on any atom is 0.227 e. The molecule has 0 unspecified atom stereocenters. The second-order valence-electron chi connectivity index (χ2n) is 6.13. The zero-order chi connectivity index (χ0) is 16.2. The Labute approximate surface area is 141 Å². The van der Waals surface area contributed by atoms with Gasteiger partial charge >= 0.3 is 0 Å². The van der Waals surface area contributed by atoms with E-state index in [4.69, 9.17) is 0 Å². The van der Waals surface area contributed by atoms with Crippen molar-refractivity contribution >= 4 is 23.0 Å².